The van der Waals surface area contributed by atoms with E-state index in [-0.39, 0.29) is 41.1 Å². The summed E-state index contributed by atoms with van der Waals surface area (Å²) >= 11 is 6.13. The summed E-state index contributed by atoms with van der Waals surface area (Å²) in [5.41, 5.74) is 1.01. The van der Waals surface area contributed by atoms with Gasteiger partial charge in [0.15, 0.2) is 0 Å². The van der Waals surface area contributed by atoms with E-state index in [4.69, 9.17) is 11.6 Å². The van der Waals surface area contributed by atoms with Crippen molar-refractivity contribution in [2.75, 3.05) is 19.6 Å². The molecule has 37 heavy (non-hydrogen) atoms. The first-order valence-electron chi connectivity index (χ1n) is 13.6. The number of hydrogen-bond acceptors (Lipinski definition) is 3. The number of nitrogens with one attached hydrogen (secondary N) is 2. The third-order valence-corrected chi connectivity index (χ3v) is 8.44. The summed E-state index contributed by atoms with van der Waals surface area (Å²) < 4.78 is 28.4. The summed E-state index contributed by atoms with van der Waals surface area (Å²) in [5.74, 6) is -1.54. The van der Waals surface area contributed by atoms with E-state index in [1.54, 1.807) is 6.08 Å². The van der Waals surface area contributed by atoms with Crippen molar-refractivity contribution in [3.63, 3.8) is 0 Å². The normalized spacial score (nSPS) is 29.3. The zero-order chi connectivity index (χ0) is 26.7. The zero-order valence-corrected chi connectivity index (χ0v) is 22.9. The maximum atomic E-state index is 14.8. The Morgan fingerprint density at radius 3 is 2.54 bits per heavy atom. The molecule has 5 nitrogen and oxygen atoms in total. The lowest BCUT2D eigenvalue weighted by molar-refractivity contribution is -0.126. The largest absolute Gasteiger partial charge is 0.356 e. The number of allylic oxidation sites excluding steroid dienone is 7. The van der Waals surface area contributed by atoms with E-state index in [2.05, 4.69) is 36.3 Å². The average molecular weight is 536 g/mol. The van der Waals surface area contributed by atoms with E-state index in [1.807, 2.05) is 12.2 Å². The molecule has 0 aromatic heterocycles. The molecule has 0 aromatic rings. The molecule has 4 unspecified atom stereocenters. The molecule has 8 heteroatoms. The highest BCUT2D eigenvalue weighted by Crippen LogP contribution is 2.39. The van der Waals surface area contributed by atoms with Crippen molar-refractivity contribution < 1.29 is 18.4 Å². The number of rotatable bonds is 9. The van der Waals surface area contributed by atoms with Crippen molar-refractivity contribution in [1.29, 1.82) is 0 Å². The predicted octanol–water partition coefficient (Wildman–Crippen LogP) is 5.34. The quantitative estimate of drug-likeness (QED) is 0.392. The molecular formula is C29H40ClF2N3O2. The molecule has 3 aliphatic carbocycles. The Morgan fingerprint density at radius 2 is 1.92 bits per heavy atom. The van der Waals surface area contributed by atoms with Crippen LogP contribution in [0.4, 0.5) is 8.78 Å². The smallest absolute Gasteiger partial charge is 0.224 e. The van der Waals surface area contributed by atoms with Crippen LogP contribution >= 0.6 is 11.6 Å². The lowest BCUT2D eigenvalue weighted by Gasteiger charge is -2.32. The molecule has 0 spiro atoms. The minimum Gasteiger partial charge on any atom is -0.356 e. The fourth-order valence-corrected chi connectivity index (χ4v) is 5.76. The maximum absolute atomic E-state index is 14.8. The van der Waals surface area contributed by atoms with E-state index in [0.29, 0.717) is 26.1 Å². The molecule has 0 radical (unpaired) electrons. The second-order valence-electron chi connectivity index (χ2n) is 11.9. The first-order chi connectivity index (χ1) is 17.5. The van der Waals surface area contributed by atoms with Gasteiger partial charge in [0.05, 0.1) is 12.0 Å². The first kappa shape index (κ1) is 28.0. The molecule has 2 amide bonds. The molecule has 4 rings (SSSR count). The second kappa shape index (κ2) is 11.8. The summed E-state index contributed by atoms with van der Waals surface area (Å²) in [7, 11) is 0. The maximum Gasteiger partial charge on any atom is 0.224 e. The van der Waals surface area contributed by atoms with Crippen LogP contribution in [0.3, 0.4) is 0 Å². The van der Waals surface area contributed by atoms with Crippen molar-refractivity contribution in [1.82, 2.24) is 15.5 Å². The molecule has 1 saturated heterocycles. The Bertz CT molecular complexity index is 996. The van der Waals surface area contributed by atoms with Gasteiger partial charge in [0.1, 0.15) is 12.0 Å². The fraction of sp³-hybridized carbons (Fsp3) is 0.655. The SMILES string of the molecule is CC(C)(C)N1CC(C(=O)NCCCC(NC(=O)C2CC2)C2=CC=C(Cl)CC2)[C@H](C2C=CC(F)=CC2F)C1. The van der Waals surface area contributed by atoms with Crippen LogP contribution in [0.5, 0.6) is 0 Å². The van der Waals surface area contributed by atoms with E-state index in [9.17, 15) is 18.4 Å². The highest BCUT2D eigenvalue weighted by atomic mass is 35.5. The highest BCUT2D eigenvalue weighted by Gasteiger charge is 2.46. The van der Waals surface area contributed by atoms with Crippen LogP contribution in [0.15, 0.2) is 46.8 Å². The van der Waals surface area contributed by atoms with Gasteiger partial charge in [0.2, 0.25) is 11.8 Å². The lowest BCUT2D eigenvalue weighted by Crippen LogP contribution is -2.41. The summed E-state index contributed by atoms with van der Waals surface area (Å²) in [4.78, 5) is 28.0. The van der Waals surface area contributed by atoms with Gasteiger partial charge in [0.25, 0.3) is 0 Å². The molecule has 1 aliphatic heterocycles. The number of likely N-dealkylation sites (tertiary alicyclic amines) is 1. The fourth-order valence-electron chi connectivity index (χ4n) is 5.60. The number of carbonyl (C=O) groups is 2. The molecule has 2 N–H and O–H groups in total. The van der Waals surface area contributed by atoms with Crippen molar-refractivity contribution in [2.45, 2.75) is 77.0 Å². The Kier molecular flexibility index (Phi) is 8.95. The van der Waals surface area contributed by atoms with E-state index in [1.165, 1.54) is 11.6 Å². The monoisotopic (exact) mass is 535 g/mol. The molecule has 2 fully saturated rings. The van der Waals surface area contributed by atoms with Crippen LogP contribution in [-0.4, -0.2) is 54.1 Å². The van der Waals surface area contributed by atoms with Gasteiger partial charge in [-0.1, -0.05) is 23.8 Å². The number of nitrogens with zero attached hydrogens (tertiary/aromatic N) is 1. The van der Waals surface area contributed by atoms with Crippen LogP contribution in [0, 0.1) is 23.7 Å². The van der Waals surface area contributed by atoms with Gasteiger partial charge in [-0.15, -0.1) is 0 Å². The number of hydrogen-bond donors (Lipinski definition) is 2. The van der Waals surface area contributed by atoms with Crippen LogP contribution in [0.25, 0.3) is 0 Å². The van der Waals surface area contributed by atoms with Gasteiger partial charge in [-0.05, 0) is 89.0 Å². The van der Waals surface area contributed by atoms with Gasteiger partial charge in [-0.25, -0.2) is 8.78 Å². The van der Waals surface area contributed by atoms with Crippen molar-refractivity contribution in [3.05, 3.63) is 46.8 Å². The molecule has 4 aliphatic rings. The molecule has 0 aromatic carbocycles. The van der Waals surface area contributed by atoms with Gasteiger partial charge >= 0.3 is 0 Å². The third kappa shape index (κ3) is 7.32. The predicted molar refractivity (Wildman–Crippen MR) is 143 cm³/mol. The summed E-state index contributed by atoms with van der Waals surface area (Å²) in [5, 5.41) is 7.10. The third-order valence-electron chi connectivity index (χ3n) is 8.12. The minimum absolute atomic E-state index is 0.0667. The highest BCUT2D eigenvalue weighted by molar-refractivity contribution is 6.29. The molecule has 1 saturated carbocycles. The Hall–Kier alpha value is -1.99. The Balaban J connectivity index is 1.35. The average Bonchev–Trinajstić information content (AvgIpc) is 3.59. The van der Waals surface area contributed by atoms with Crippen LogP contribution in [0.2, 0.25) is 0 Å². The van der Waals surface area contributed by atoms with Gasteiger partial charge in [-0.2, -0.15) is 0 Å². The van der Waals surface area contributed by atoms with Crippen LogP contribution in [-0.2, 0) is 9.59 Å². The summed E-state index contributed by atoms with van der Waals surface area (Å²) in [6, 6.07) is -0.0667. The zero-order valence-electron chi connectivity index (χ0n) is 22.1. The number of halogens is 3. The standard InChI is InChI=1S/C29H40ClF2N3O2/c1-29(2,3)35-16-23(22-13-12-21(31)15-25(22)32)24(17-35)28(37)33-14-4-5-26(34-27(36)19-6-7-19)18-8-10-20(30)11-9-18/h8,10,12-13,15,19,22-26H,4-7,9,11,14,16-17H2,1-3H3,(H,33,37)(H,34,36)/t22?,23-,24?,25?,26?/m0/s1. The van der Waals surface area contributed by atoms with Crippen LogP contribution in [0.1, 0.15) is 59.3 Å². The van der Waals surface area contributed by atoms with Crippen molar-refractivity contribution in [2.24, 2.45) is 23.7 Å². The topological polar surface area (TPSA) is 61.4 Å². The second-order valence-corrected chi connectivity index (χ2v) is 12.4. The van der Waals surface area contributed by atoms with Crippen molar-refractivity contribution in [3.8, 4) is 0 Å². The van der Waals surface area contributed by atoms with Crippen LogP contribution < -0.4 is 10.6 Å². The van der Waals surface area contributed by atoms with E-state index in [0.717, 1.165) is 43.2 Å². The van der Waals surface area contributed by atoms with Gasteiger partial charge in [-0.3, -0.25) is 14.5 Å². The number of alkyl halides is 1. The van der Waals surface area contributed by atoms with E-state index >= 15 is 0 Å². The number of amides is 2. The molecule has 0 bridgehead atoms. The molecular weight excluding hydrogens is 496 g/mol. The Morgan fingerprint density at radius 1 is 1.16 bits per heavy atom. The van der Waals surface area contributed by atoms with E-state index < -0.39 is 17.9 Å². The van der Waals surface area contributed by atoms with Gasteiger partial charge < -0.3 is 10.6 Å². The lowest BCUT2D eigenvalue weighted by atomic mass is 9.79. The summed E-state index contributed by atoms with van der Waals surface area (Å²) in [6.45, 7) is 7.88. The Labute approximate surface area is 224 Å². The minimum atomic E-state index is -1.44. The molecule has 1 heterocycles. The van der Waals surface area contributed by atoms with Gasteiger partial charge in [0, 0.05) is 42.0 Å². The summed E-state index contributed by atoms with van der Waals surface area (Å²) in [6.07, 6.45) is 11.3. The first-order valence-corrected chi connectivity index (χ1v) is 14.0. The molecule has 5 atom stereocenters. The number of carbonyl (C=O) groups excluding carboxylic acids is 2. The van der Waals surface area contributed by atoms with Crippen molar-refractivity contribution >= 4 is 23.4 Å². The molecule has 204 valence electrons.